The van der Waals surface area contributed by atoms with Gasteiger partial charge >= 0.3 is 5.97 Å². The van der Waals surface area contributed by atoms with Gasteiger partial charge in [-0.1, -0.05) is 37.6 Å². The largest absolute Gasteiger partial charge is 0.462 e. The van der Waals surface area contributed by atoms with E-state index < -0.39 is 0 Å². The van der Waals surface area contributed by atoms with E-state index in [2.05, 4.69) is 43.1 Å². The van der Waals surface area contributed by atoms with Gasteiger partial charge in [-0.2, -0.15) is 0 Å². The minimum Gasteiger partial charge on any atom is -0.462 e. The first-order valence-corrected chi connectivity index (χ1v) is 11.4. The van der Waals surface area contributed by atoms with Crippen LogP contribution in [0.5, 0.6) is 0 Å². The van der Waals surface area contributed by atoms with Gasteiger partial charge in [-0.3, -0.25) is 9.78 Å². The van der Waals surface area contributed by atoms with Crippen LogP contribution >= 0.6 is 0 Å². The molecular formula is C26H33NO2. The van der Waals surface area contributed by atoms with Crippen molar-refractivity contribution in [3.63, 3.8) is 0 Å². The fourth-order valence-corrected chi connectivity index (χ4v) is 7.50. The van der Waals surface area contributed by atoms with E-state index >= 15 is 0 Å². The quantitative estimate of drug-likeness (QED) is 0.460. The number of aromatic nitrogens is 1. The minimum absolute atomic E-state index is 0.0857. The number of hydrogen-bond donors (Lipinski definition) is 0. The Hall–Kier alpha value is -1.90. The molecule has 0 radical (unpaired) electrons. The fraction of sp³-hybridized carbons (Fsp3) is 0.615. The highest BCUT2D eigenvalue weighted by Gasteiger charge is 2.56. The Morgan fingerprint density at radius 3 is 2.69 bits per heavy atom. The summed E-state index contributed by atoms with van der Waals surface area (Å²) in [5.74, 6) is 2.12. The van der Waals surface area contributed by atoms with Crippen LogP contribution in [0.15, 0.2) is 42.3 Å². The Kier molecular flexibility index (Phi) is 4.49. The number of fused-ring (bicyclic) bond motifs is 5. The van der Waals surface area contributed by atoms with E-state index in [-0.39, 0.29) is 22.9 Å². The first-order chi connectivity index (χ1) is 13.9. The third-order valence-corrected chi connectivity index (χ3v) is 8.94. The van der Waals surface area contributed by atoms with Crippen molar-refractivity contribution >= 4 is 11.5 Å². The molecule has 1 heterocycles. The summed E-state index contributed by atoms with van der Waals surface area (Å²) in [5.41, 5.74) is 4.99. The Labute approximate surface area is 174 Å². The number of ether oxygens (including phenoxy) is 1. The van der Waals surface area contributed by atoms with Crippen molar-refractivity contribution in [1.29, 1.82) is 0 Å². The summed E-state index contributed by atoms with van der Waals surface area (Å²) in [5, 5.41) is 0. The third-order valence-electron chi connectivity index (χ3n) is 8.94. The molecule has 1 aromatic heterocycles. The van der Waals surface area contributed by atoms with Gasteiger partial charge in [0.2, 0.25) is 0 Å². The SMILES string of the molecule is CC(=O)O[C@H]1CC[C@]2(C)C(=CC[C@H]3[C@@H]4CC=C(c5cccnc5)[C@]4(C)CC[C@@H]32)C1. The highest BCUT2D eigenvalue weighted by Crippen LogP contribution is 2.66. The van der Waals surface area contributed by atoms with E-state index in [1.165, 1.54) is 43.7 Å². The minimum atomic E-state index is -0.138. The van der Waals surface area contributed by atoms with E-state index in [9.17, 15) is 4.79 Å². The number of allylic oxidation sites excluding steroid dienone is 3. The van der Waals surface area contributed by atoms with Crippen LogP contribution in [0.4, 0.5) is 0 Å². The molecule has 3 heteroatoms. The summed E-state index contributed by atoms with van der Waals surface area (Å²) in [6, 6.07) is 4.30. The average molecular weight is 392 g/mol. The number of rotatable bonds is 2. The van der Waals surface area contributed by atoms with E-state index in [0.29, 0.717) is 0 Å². The van der Waals surface area contributed by atoms with Crippen molar-refractivity contribution in [3.05, 3.63) is 47.8 Å². The molecule has 4 aliphatic carbocycles. The molecule has 0 saturated heterocycles. The van der Waals surface area contributed by atoms with Gasteiger partial charge in [0.25, 0.3) is 0 Å². The highest BCUT2D eigenvalue weighted by molar-refractivity contribution is 5.72. The Bertz CT molecular complexity index is 872. The normalized spacial score (nSPS) is 40.8. The molecule has 0 N–H and O–H groups in total. The zero-order valence-corrected chi connectivity index (χ0v) is 18.0. The van der Waals surface area contributed by atoms with Gasteiger partial charge in [0.1, 0.15) is 6.10 Å². The first-order valence-electron chi connectivity index (χ1n) is 11.4. The molecule has 5 rings (SSSR count). The maximum atomic E-state index is 11.4. The lowest BCUT2D eigenvalue weighted by Crippen LogP contribution is -2.50. The molecule has 0 aromatic carbocycles. The second-order valence-corrected chi connectivity index (χ2v) is 10.3. The van der Waals surface area contributed by atoms with Crippen molar-refractivity contribution < 1.29 is 9.53 Å². The maximum Gasteiger partial charge on any atom is 0.302 e. The fourth-order valence-electron chi connectivity index (χ4n) is 7.50. The van der Waals surface area contributed by atoms with E-state index in [1.807, 2.05) is 12.4 Å². The highest BCUT2D eigenvalue weighted by atomic mass is 16.5. The van der Waals surface area contributed by atoms with Gasteiger partial charge in [-0.15, -0.1) is 0 Å². The number of nitrogens with zero attached hydrogens (tertiary/aromatic N) is 1. The number of carbonyl (C=O) groups excluding carboxylic acids is 1. The van der Waals surface area contributed by atoms with Crippen LogP contribution in [-0.4, -0.2) is 17.1 Å². The maximum absolute atomic E-state index is 11.4. The molecular weight excluding hydrogens is 358 g/mol. The van der Waals surface area contributed by atoms with Crippen molar-refractivity contribution in [2.75, 3.05) is 0 Å². The zero-order chi connectivity index (χ0) is 20.2. The smallest absolute Gasteiger partial charge is 0.302 e. The average Bonchev–Trinajstić information content (AvgIpc) is 3.06. The molecule has 2 fully saturated rings. The molecule has 0 aliphatic heterocycles. The molecule has 3 nitrogen and oxygen atoms in total. The Morgan fingerprint density at radius 2 is 1.93 bits per heavy atom. The van der Waals surface area contributed by atoms with E-state index in [4.69, 9.17) is 4.74 Å². The molecule has 4 aliphatic rings. The van der Waals surface area contributed by atoms with Crippen LogP contribution in [-0.2, 0) is 9.53 Å². The molecule has 0 bridgehead atoms. The molecule has 1 aromatic rings. The summed E-state index contributed by atoms with van der Waals surface area (Å²) in [7, 11) is 0. The summed E-state index contributed by atoms with van der Waals surface area (Å²) in [6.45, 7) is 6.56. The molecule has 2 saturated carbocycles. The number of pyridine rings is 1. The van der Waals surface area contributed by atoms with Gasteiger partial charge in [0.05, 0.1) is 0 Å². The number of hydrogen-bond acceptors (Lipinski definition) is 3. The van der Waals surface area contributed by atoms with E-state index in [0.717, 1.165) is 37.0 Å². The van der Waals surface area contributed by atoms with Crippen LogP contribution < -0.4 is 0 Å². The monoisotopic (exact) mass is 391 g/mol. The van der Waals surface area contributed by atoms with Gasteiger partial charge in [0.15, 0.2) is 0 Å². The van der Waals surface area contributed by atoms with Crippen LogP contribution in [0.25, 0.3) is 5.57 Å². The van der Waals surface area contributed by atoms with Gasteiger partial charge < -0.3 is 4.74 Å². The number of esters is 1. The summed E-state index contributed by atoms with van der Waals surface area (Å²) < 4.78 is 5.58. The van der Waals surface area contributed by atoms with Crippen molar-refractivity contribution in [2.24, 2.45) is 28.6 Å². The molecule has 0 amide bonds. The van der Waals surface area contributed by atoms with E-state index in [1.54, 1.807) is 5.57 Å². The standard InChI is InChI=1S/C26H33NO2/c1-17(28)29-20-10-12-25(2)19(15-20)6-7-21-23-9-8-22(18-5-4-14-27-16-18)26(23,3)13-11-24(21)25/h4-6,8,14,16,20-21,23-24H,7,9-13,15H2,1-3H3/t20-,21-,23-,24-,25+,26-/m0/s1. The number of carbonyl (C=O) groups is 1. The Morgan fingerprint density at radius 1 is 1.10 bits per heavy atom. The zero-order valence-electron chi connectivity index (χ0n) is 18.0. The molecule has 0 unspecified atom stereocenters. The van der Waals surface area contributed by atoms with Crippen LogP contribution in [0, 0.1) is 28.6 Å². The van der Waals surface area contributed by atoms with Gasteiger partial charge in [-0.05, 0) is 84.3 Å². The van der Waals surface area contributed by atoms with Crippen molar-refractivity contribution in [2.45, 2.75) is 71.8 Å². The second-order valence-electron chi connectivity index (χ2n) is 10.3. The Balaban J connectivity index is 1.41. The van der Waals surface area contributed by atoms with Gasteiger partial charge in [-0.25, -0.2) is 0 Å². The molecule has 154 valence electrons. The lowest BCUT2D eigenvalue weighted by Gasteiger charge is -2.57. The predicted molar refractivity (Wildman–Crippen MR) is 115 cm³/mol. The van der Waals surface area contributed by atoms with Crippen molar-refractivity contribution in [3.8, 4) is 0 Å². The third kappa shape index (κ3) is 2.92. The molecule has 0 spiro atoms. The summed E-state index contributed by atoms with van der Waals surface area (Å²) >= 11 is 0. The summed E-state index contributed by atoms with van der Waals surface area (Å²) in [4.78, 5) is 15.8. The van der Waals surface area contributed by atoms with Crippen LogP contribution in [0.2, 0.25) is 0 Å². The second kappa shape index (κ2) is 6.82. The predicted octanol–water partition coefficient (Wildman–Crippen LogP) is 5.97. The lowest BCUT2D eigenvalue weighted by molar-refractivity contribution is -0.148. The van der Waals surface area contributed by atoms with Crippen LogP contribution in [0.1, 0.15) is 71.3 Å². The lowest BCUT2D eigenvalue weighted by atomic mass is 9.47. The van der Waals surface area contributed by atoms with Crippen LogP contribution in [0.3, 0.4) is 0 Å². The first kappa shape index (κ1) is 19.1. The van der Waals surface area contributed by atoms with Crippen molar-refractivity contribution in [1.82, 2.24) is 4.98 Å². The topological polar surface area (TPSA) is 39.2 Å². The summed E-state index contributed by atoms with van der Waals surface area (Å²) in [6.07, 6.45) is 17.1. The van der Waals surface area contributed by atoms with Gasteiger partial charge in [0, 0.05) is 25.7 Å². The molecule has 29 heavy (non-hydrogen) atoms. The molecule has 6 atom stereocenters.